The summed E-state index contributed by atoms with van der Waals surface area (Å²) in [6.45, 7) is 3.13. The van der Waals surface area contributed by atoms with E-state index in [2.05, 4.69) is 10.2 Å². The van der Waals surface area contributed by atoms with Gasteiger partial charge in [-0.15, -0.1) is 12.4 Å². The van der Waals surface area contributed by atoms with Crippen LogP contribution in [0.5, 0.6) is 11.5 Å². The van der Waals surface area contributed by atoms with Gasteiger partial charge in [0.05, 0.1) is 18.8 Å². The average molecular weight is 339 g/mol. The van der Waals surface area contributed by atoms with Gasteiger partial charge in [0.15, 0.2) is 11.5 Å². The minimum Gasteiger partial charge on any atom is -0.503 e. The molecule has 0 radical (unpaired) electrons. The van der Waals surface area contributed by atoms with Crippen molar-refractivity contribution in [1.82, 2.24) is 10.2 Å². The molecule has 1 aromatic rings. The highest BCUT2D eigenvalue weighted by Crippen LogP contribution is 2.38. The van der Waals surface area contributed by atoms with Gasteiger partial charge in [0.2, 0.25) is 0 Å². The number of aromatic hydroxyl groups is 1. The van der Waals surface area contributed by atoms with Gasteiger partial charge in [-0.1, -0.05) is 11.6 Å². The smallest absolute Gasteiger partial charge is 0.176 e. The number of alkyl halides is 1. The van der Waals surface area contributed by atoms with Crippen LogP contribution in [-0.2, 0) is 0 Å². The van der Waals surface area contributed by atoms with Gasteiger partial charge in [0.1, 0.15) is 0 Å². The molecule has 1 heterocycles. The number of methoxy groups -OCH3 is 1. The summed E-state index contributed by atoms with van der Waals surface area (Å²) in [7, 11) is 1.48. The van der Waals surface area contributed by atoms with Gasteiger partial charge in [-0.2, -0.15) is 0 Å². The Balaban J connectivity index is 0.00000220. The van der Waals surface area contributed by atoms with Gasteiger partial charge < -0.3 is 15.2 Å². The number of nitrogens with zero attached hydrogens (tertiary/aromatic N) is 1. The Hall–Kier alpha value is -0.750. The van der Waals surface area contributed by atoms with Crippen LogP contribution in [0.3, 0.4) is 0 Å². The lowest BCUT2D eigenvalue weighted by Crippen LogP contribution is -2.45. The Morgan fingerprint density at radius 2 is 2.10 bits per heavy atom. The lowest BCUT2D eigenvalue weighted by molar-refractivity contribution is 0.157. The van der Waals surface area contributed by atoms with Crippen LogP contribution >= 0.6 is 24.0 Å². The second-order valence-corrected chi connectivity index (χ2v) is 5.24. The molecule has 1 aliphatic rings. The maximum absolute atomic E-state index is 12.9. The van der Waals surface area contributed by atoms with Gasteiger partial charge in [-0.3, -0.25) is 9.29 Å². The van der Waals surface area contributed by atoms with Crippen molar-refractivity contribution < 1.29 is 14.2 Å². The zero-order valence-corrected chi connectivity index (χ0v) is 13.5. The highest BCUT2D eigenvalue weighted by atomic mass is 35.5. The monoisotopic (exact) mass is 338 g/mol. The van der Waals surface area contributed by atoms with E-state index < -0.39 is 6.67 Å². The number of phenolic OH excluding ortho intramolecular Hbond substituents is 1. The molecule has 2 N–H and O–H groups in total. The zero-order valence-electron chi connectivity index (χ0n) is 11.9. The van der Waals surface area contributed by atoms with E-state index in [9.17, 15) is 9.50 Å². The van der Waals surface area contributed by atoms with Crippen LogP contribution in [0, 0.1) is 0 Å². The van der Waals surface area contributed by atoms with Crippen molar-refractivity contribution >= 4 is 24.0 Å². The molecular formula is C14H21Cl2FN2O2. The standard InChI is InChI=1S/C14H20ClFN2O2.ClH/c1-20-13-9-10(8-11(15)14(13)19)12(2-3-16)18-6-4-17-5-7-18;/h8-9,12,17,19H,2-7H2,1H3;1H/t12-;/m1./s1. The third-order valence-electron chi connectivity index (χ3n) is 3.63. The van der Waals surface area contributed by atoms with Crippen molar-refractivity contribution in [1.29, 1.82) is 0 Å². The van der Waals surface area contributed by atoms with Crippen molar-refractivity contribution in [2.24, 2.45) is 0 Å². The largest absolute Gasteiger partial charge is 0.503 e. The fraction of sp³-hybridized carbons (Fsp3) is 0.571. The first-order valence-corrected chi connectivity index (χ1v) is 7.12. The lowest BCUT2D eigenvalue weighted by Gasteiger charge is -2.35. The minimum atomic E-state index is -0.393. The molecule has 1 aliphatic heterocycles. The molecule has 1 fully saturated rings. The molecule has 120 valence electrons. The van der Waals surface area contributed by atoms with Gasteiger partial charge in [-0.05, 0) is 24.1 Å². The predicted octanol–water partition coefficient (Wildman–Crippen LogP) is 2.78. The van der Waals surface area contributed by atoms with E-state index in [0.717, 1.165) is 31.7 Å². The molecular weight excluding hydrogens is 318 g/mol. The van der Waals surface area contributed by atoms with Crippen LogP contribution in [-0.4, -0.2) is 50.0 Å². The van der Waals surface area contributed by atoms with Gasteiger partial charge in [0.25, 0.3) is 0 Å². The molecule has 0 saturated carbocycles. The molecule has 0 bridgehead atoms. The van der Waals surface area contributed by atoms with Gasteiger partial charge in [-0.25, -0.2) is 0 Å². The van der Waals surface area contributed by atoms with Gasteiger partial charge >= 0.3 is 0 Å². The Labute approximate surface area is 135 Å². The predicted molar refractivity (Wildman–Crippen MR) is 84.7 cm³/mol. The van der Waals surface area contributed by atoms with Crippen molar-refractivity contribution in [2.45, 2.75) is 12.5 Å². The van der Waals surface area contributed by atoms with Gasteiger partial charge in [0, 0.05) is 32.2 Å². The molecule has 1 aromatic carbocycles. The molecule has 0 unspecified atom stereocenters. The maximum atomic E-state index is 12.9. The first-order chi connectivity index (χ1) is 9.67. The molecule has 0 spiro atoms. The van der Waals surface area contributed by atoms with Crippen LogP contribution in [0.2, 0.25) is 5.02 Å². The number of rotatable bonds is 5. The molecule has 7 heteroatoms. The SMILES string of the molecule is COc1cc([C@@H](CCF)N2CCNCC2)cc(Cl)c1O.Cl. The highest BCUT2D eigenvalue weighted by Gasteiger charge is 2.24. The molecule has 21 heavy (non-hydrogen) atoms. The Morgan fingerprint density at radius 1 is 1.43 bits per heavy atom. The quantitative estimate of drug-likeness (QED) is 0.866. The maximum Gasteiger partial charge on any atom is 0.176 e. The fourth-order valence-corrected chi connectivity index (χ4v) is 2.82. The Bertz CT molecular complexity index is 457. The summed E-state index contributed by atoms with van der Waals surface area (Å²) >= 11 is 6.03. The molecule has 0 aromatic heterocycles. The van der Waals surface area contributed by atoms with E-state index in [-0.39, 0.29) is 29.2 Å². The van der Waals surface area contributed by atoms with Crippen molar-refractivity contribution in [3.05, 3.63) is 22.7 Å². The van der Waals surface area contributed by atoms with Crippen LogP contribution < -0.4 is 10.1 Å². The number of ether oxygens (including phenoxy) is 1. The van der Waals surface area contributed by atoms with E-state index >= 15 is 0 Å². The molecule has 1 saturated heterocycles. The minimum absolute atomic E-state index is 0. The number of hydrogen-bond acceptors (Lipinski definition) is 4. The summed E-state index contributed by atoms with van der Waals surface area (Å²) in [6.07, 6.45) is 0.407. The van der Waals surface area contributed by atoms with Crippen molar-refractivity contribution in [2.75, 3.05) is 40.0 Å². The number of phenols is 1. The normalized spacial score (nSPS) is 17.1. The number of halogens is 3. The summed E-state index contributed by atoms with van der Waals surface area (Å²) in [5.41, 5.74) is 0.879. The summed E-state index contributed by atoms with van der Waals surface area (Å²) < 4.78 is 18.0. The molecule has 2 rings (SSSR count). The van der Waals surface area contributed by atoms with E-state index in [1.165, 1.54) is 7.11 Å². The number of piperazine rings is 1. The van der Waals surface area contributed by atoms with Crippen molar-refractivity contribution in [3.8, 4) is 11.5 Å². The molecule has 4 nitrogen and oxygen atoms in total. The third-order valence-corrected chi connectivity index (χ3v) is 3.92. The number of nitrogens with one attached hydrogen (secondary N) is 1. The van der Waals surface area contributed by atoms with Crippen molar-refractivity contribution in [3.63, 3.8) is 0 Å². The Morgan fingerprint density at radius 3 is 2.67 bits per heavy atom. The summed E-state index contributed by atoms with van der Waals surface area (Å²) in [5.74, 6) is 0.253. The van der Waals surface area contributed by atoms with Crippen LogP contribution in [0.15, 0.2) is 12.1 Å². The van der Waals surface area contributed by atoms with E-state index in [1.807, 2.05) is 0 Å². The summed E-state index contributed by atoms with van der Waals surface area (Å²) in [6, 6.07) is 3.39. The van der Waals surface area contributed by atoms with Crippen LogP contribution in [0.4, 0.5) is 4.39 Å². The van der Waals surface area contributed by atoms with Crippen LogP contribution in [0.25, 0.3) is 0 Å². The first kappa shape index (κ1) is 18.3. The van der Waals surface area contributed by atoms with E-state index in [0.29, 0.717) is 12.2 Å². The second kappa shape index (κ2) is 8.63. The third kappa shape index (κ3) is 4.36. The molecule has 1 atom stereocenters. The zero-order chi connectivity index (χ0) is 14.5. The topological polar surface area (TPSA) is 44.7 Å². The lowest BCUT2D eigenvalue weighted by atomic mass is 10.0. The first-order valence-electron chi connectivity index (χ1n) is 6.74. The highest BCUT2D eigenvalue weighted by molar-refractivity contribution is 6.32. The number of benzene rings is 1. The number of hydrogen-bond donors (Lipinski definition) is 2. The second-order valence-electron chi connectivity index (χ2n) is 4.83. The Kier molecular flexibility index (Phi) is 7.52. The molecule has 0 amide bonds. The summed E-state index contributed by atoms with van der Waals surface area (Å²) in [4.78, 5) is 2.23. The van der Waals surface area contributed by atoms with E-state index in [4.69, 9.17) is 16.3 Å². The summed E-state index contributed by atoms with van der Waals surface area (Å²) in [5, 5.41) is 13.3. The fourth-order valence-electron chi connectivity index (χ4n) is 2.60. The van der Waals surface area contributed by atoms with Crippen LogP contribution in [0.1, 0.15) is 18.0 Å². The average Bonchev–Trinajstić information content (AvgIpc) is 2.48. The molecule has 0 aliphatic carbocycles. The van der Waals surface area contributed by atoms with E-state index in [1.54, 1.807) is 12.1 Å².